The van der Waals surface area contributed by atoms with E-state index in [1.165, 1.54) is 11.3 Å². The topological polar surface area (TPSA) is 67.6 Å². The number of hydrogen-bond donors (Lipinski definition) is 2. The monoisotopic (exact) mass is 295 g/mol. The number of ether oxygens (including phenoxy) is 1. The maximum Gasteiger partial charge on any atom is 0.252 e. The predicted molar refractivity (Wildman–Crippen MR) is 82.0 cm³/mol. The first kappa shape index (κ1) is 16.7. The van der Waals surface area contributed by atoms with Gasteiger partial charge < -0.3 is 20.7 Å². The van der Waals surface area contributed by atoms with E-state index in [2.05, 4.69) is 17.2 Å². The molecular weight excluding hydrogens is 274 g/mol. The van der Waals surface area contributed by atoms with Gasteiger partial charge in [0.1, 0.15) is 0 Å². The Labute approximate surface area is 124 Å². The summed E-state index contributed by atoms with van der Waals surface area (Å²) in [5.74, 6) is 5.57. The highest BCUT2D eigenvalue weighted by molar-refractivity contribution is 7.10. The molecule has 0 aliphatic rings. The summed E-state index contributed by atoms with van der Waals surface area (Å²) in [5.41, 5.74) is 5.93. The SMILES string of the molecule is CN(C)CCOCCNC(=O)c1csc(C#CCN)c1. The van der Waals surface area contributed by atoms with E-state index in [1.807, 2.05) is 19.0 Å². The van der Waals surface area contributed by atoms with Crippen molar-refractivity contribution in [1.29, 1.82) is 0 Å². The molecule has 0 aliphatic heterocycles. The van der Waals surface area contributed by atoms with Crippen LogP contribution in [0, 0.1) is 11.8 Å². The Morgan fingerprint density at radius 2 is 2.30 bits per heavy atom. The third-order valence-electron chi connectivity index (χ3n) is 2.39. The third-order valence-corrected chi connectivity index (χ3v) is 3.24. The second-order valence-corrected chi connectivity index (χ2v) is 5.29. The molecule has 1 aromatic heterocycles. The lowest BCUT2D eigenvalue weighted by atomic mass is 10.3. The first-order chi connectivity index (χ1) is 9.63. The van der Waals surface area contributed by atoms with Crippen LogP contribution in [0.25, 0.3) is 0 Å². The Hall–Kier alpha value is -1.39. The fraction of sp³-hybridized carbons (Fsp3) is 0.500. The predicted octanol–water partition coefficient (Wildman–Crippen LogP) is 0.366. The summed E-state index contributed by atoms with van der Waals surface area (Å²) in [7, 11) is 3.99. The number of likely N-dealkylation sites (N-methyl/N-ethyl adjacent to an activating group) is 1. The van der Waals surface area contributed by atoms with Crippen LogP contribution in [-0.2, 0) is 4.74 Å². The van der Waals surface area contributed by atoms with Crippen molar-refractivity contribution in [3.63, 3.8) is 0 Å². The fourth-order valence-corrected chi connectivity index (χ4v) is 2.10. The summed E-state index contributed by atoms with van der Waals surface area (Å²) in [6.07, 6.45) is 0. The zero-order chi connectivity index (χ0) is 14.8. The number of thiophene rings is 1. The van der Waals surface area contributed by atoms with Crippen molar-refractivity contribution in [3.05, 3.63) is 21.9 Å². The van der Waals surface area contributed by atoms with E-state index in [1.54, 1.807) is 11.4 Å². The first-order valence-corrected chi connectivity index (χ1v) is 7.29. The van der Waals surface area contributed by atoms with Gasteiger partial charge in [0.15, 0.2) is 0 Å². The fourth-order valence-electron chi connectivity index (χ4n) is 1.35. The summed E-state index contributed by atoms with van der Waals surface area (Å²) in [6, 6.07) is 1.77. The van der Waals surface area contributed by atoms with Crippen molar-refractivity contribution >= 4 is 17.2 Å². The van der Waals surface area contributed by atoms with Crippen LogP contribution in [0.2, 0.25) is 0 Å². The summed E-state index contributed by atoms with van der Waals surface area (Å²) < 4.78 is 5.40. The molecule has 0 saturated carbocycles. The van der Waals surface area contributed by atoms with Crippen LogP contribution in [-0.4, -0.2) is 57.8 Å². The molecule has 1 aromatic rings. The molecule has 5 nitrogen and oxygen atoms in total. The quantitative estimate of drug-likeness (QED) is 0.563. The zero-order valence-corrected chi connectivity index (χ0v) is 12.8. The van der Waals surface area contributed by atoms with Gasteiger partial charge in [0.05, 0.1) is 30.2 Å². The summed E-state index contributed by atoms with van der Waals surface area (Å²) in [6.45, 7) is 2.89. The number of rotatable bonds is 7. The Morgan fingerprint density at radius 3 is 3.00 bits per heavy atom. The Balaban J connectivity index is 2.24. The molecule has 0 unspecified atom stereocenters. The molecule has 0 fully saturated rings. The average Bonchev–Trinajstić information content (AvgIpc) is 2.88. The molecule has 1 heterocycles. The lowest BCUT2D eigenvalue weighted by Gasteiger charge is -2.10. The van der Waals surface area contributed by atoms with Gasteiger partial charge in [0, 0.05) is 18.5 Å². The number of nitrogens with zero attached hydrogens (tertiary/aromatic N) is 1. The first-order valence-electron chi connectivity index (χ1n) is 6.41. The van der Waals surface area contributed by atoms with Crippen LogP contribution in [0.1, 0.15) is 15.2 Å². The summed E-state index contributed by atoms with van der Waals surface area (Å²) >= 11 is 1.44. The normalized spacial score (nSPS) is 10.2. The van der Waals surface area contributed by atoms with Crippen molar-refractivity contribution in [1.82, 2.24) is 10.2 Å². The molecule has 0 atom stereocenters. The molecule has 1 rings (SSSR count). The van der Waals surface area contributed by atoms with Gasteiger partial charge in [0.2, 0.25) is 0 Å². The molecule has 0 radical (unpaired) electrons. The molecule has 0 bridgehead atoms. The number of amides is 1. The van der Waals surface area contributed by atoms with Crippen LogP contribution >= 0.6 is 11.3 Å². The Kier molecular flexibility index (Phi) is 7.92. The third kappa shape index (κ3) is 6.68. The second-order valence-electron chi connectivity index (χ2n) is 4.38. The van der Waals surface area contributed by atoms with E-state index in [9.17, 15) is 4.79 Å². The number of hydrogen-bond acceptors (Lipinski definition) is 5. The highest BCUT2D eigenvalue weighted by atomic mass is 32.1. The molecule has 110 valence electrons. The smallest absolute Gasteiger partial charge is 0.252 e. The summed E-state index contributed by atoms with van der Waals surface area (Å²) in [4.78, 5) is 14.7. The largest absolute Gasteiger partial charge is 0.378 e. The van der Waals surface area contributed by atoms with Gasteiger partial charge >= 0.3 is 0 Å². The van der Waals surface area contributed by atoms with E-state index >= 15 is 0 Å². The molecule has 20 heavy (non-hydrogen) atoms. The minimum absolute atomic E-state index is 0.0988. The van der Waals surface area contributed by atoms with E-state index in [0.29, 0.717) is 31.9 Å². The van der Waals surface area contributed by atoms with E-state index in [4.69, 9.17) is 10.5 Å². The van der Waals surface area contributed by atoms with Crippen LogP contribution < -0.4 is 11.1 Å². The van der Waals surface area contributed by atoms with Crippen molar-refractivity contribution in [2.75, 3.05) is 46.9 Å². The number of carbonyl (C=O) groups is 1. The Morgan fingerprint density at radius 1 is 1.50 bits per heavy atom. The average molecular weight is 295 g/mol. The molecule has 3 N–H and O–H groups in total. The van der Waals surface area contributed by atoms with Crippen molar-refractivity contribution in [2.45, 2.75) is 0 Å². The number of carbonyl (C=O) groups excluding carboxylic acids is 1. The van der Waals surface area contributed by atoms with E-state index in [-0.39, 0.29) is 5.91 Å². The van der Waals surface area contributed by atoms with Gasteiger partial charge in [-0.25, -0.2) is 0 Å². The van der Waals surface area contributed by atoms with Gasteiger partial charge in [-0.1, -0.05) is 11.8 Å². The van der Waals surface area contributed by atoms with E-state index in [0.717, 1.165) is 11.4 Å². The number of nitrogens with one attached hydrogen (secondary N) is 1. The molecule has 0 aliphatic carbocycles. The van der Waals surface area contributed by atoms with Crippen molar-refractivity contribution in [2.24, 2.45) is 5.73 Å². The Bertz CT molecular complexity index is 474. The second kappa shape index (κ2) is 9.50. The van der Waals surface area contributed by atoms with E-state index < -0.39 is 0 Å². The highest BCUT2D eigenvalue weighted by Crippen LogP contribution is 2.13. The summed E-state index contributed by atoms with van der Waals surface area (Å²) in [5, 5.41) is 4.61. The minimum atomic E-state index is -0.0988. The maximum absolute atomic E-state index is 11.8. The van der Waals surface area contributed by atoms with Crippen LogP contribution in [0.5, 0.6) is 0 Å². The molecular formula is C14H21N3O2S. The van der Waals surface area contributed by atoms with Crippen LogP contribution in [0.15, 0.2) is 11.4 Å². The van der Waals surface area contributed by atoms with Gasteiger partial charge in [-0.2, -0.15) is 0 Å². The maximum atomic E-state index is 11.8. The van der Waals surface area contributed by atoms with Gasteiger partial charge in [-0.3, -0.25) is 4.79 Å². The van der Waals surface area contributed by atoms with Gasteiger partial charge in [-0.05, 0) is 20.2 Å². The lowest BCUT2D eigenvalue weighted by molar-refractivity contribution is 0.0900. The van der Waals surface area contributed by atoms with Crippen LogP contribution in [0.3, 0.4) is 0 Å². The van der Waals surface area contributed by atoms with Gasteiger partial charge in [0.25, 0.3) is 5.91 Å². The molecule has 0 saturated heterocycles. The minimum Gasteiger partial charge on any atom is -0.378 e. The lowest BCUT2D eigenvalue weighted by Crippen LogP contribution is -2.28. The standard InChI is InChI=1S/C14H21N3O2S/c1-17(2)7-9-19-8-6-16-14(18)12-10-13(20-11-12)4-3-5-15/h10-11H,5-9,15H2,1-2H3,(H,16,18). The van der Waals surface area contributed by atoms with Crippen molar-refractivity contribution in [3.8, 4) is 11.8 Å². The molecule has 6 heteroatoms. The molecule has 0 aromatic carbocycles. The van der Waals surface area contributed by atoms with Gasteiger partial charge in [-0.15, -0.1) is 11.3 Å². The molecule has 0 spiro atoms. The van der Waals surface area contributed by atoms with Crippen LogP contribution in [0.4, 0.5) is 0 Å². The van der Waals surface area contributed by atoms with Crippen molar-refractivity contribution < 1.29 is 9.53 Å². The highest BCUT2D eigenvalue weighted by Gasteiger charge is 2.07. The number of nitrogens with two attached hydrogens (primary N) is 1. The molecule has 1 amide bonds. The zero-order valence-electron chi connectivity index (χ0n) is 11.9.